The van der Waals surface area contributed by atoms with E-state index in [-0.39, 0.29) is 11.9 Å². The van der Waals surface area contributed by atoms with E-state index in [9.17, 15) is 4.79 Å². The molecule has 106 valence electrons. The Morgan fingerprint density at radius 2 is 2.40 bits per heavy atom. The molecule has 0 N–H and O–H groups in total. The molecule has 1 unspecified atom stereocenters. The van der Waals surface area contributed by atoms with Gasteiger partial charge in [-0.3, -0.25) is 4.79 Å². The Kier molecular flexibility index (Phi) is 3.61. The summed E-state index contributed by atoms with van der Waals surface area (Å²) in [6, 6.07) is 4.10. The first-order valence-electron chi connectivity index (χ1n) is 7.01. The summed E-state index contributed by atoms with van der Waals surface area (Å²) in [6.07, 6.45) is 6.39. The Labute approximate surface area is 122 Å². The molecule has 0 saturated heterocycles. The Morgan fingerprint density at radius 3 is 2.95 bits per heavy atom. The van der Waals surface area contributed by atoms with Gasteiger partial charge in [-0.2, -0.15) is 0 Å². The third-order valence-corrected chi connectivity index (χ3v) is 4.74. The second-order valence-corrected chi connectivity index (χ2v) is 6.22. The van der Waals surface area contributed by atoms with Crippen LogP contribution in [0.25, 0.3) is 0 Å². The van der Waals surface area contributed by atoms with E-state index in [0.717, 1.165) is 34.9 Å². The van der Waals surface area contributed by atoms with E-state index in [1.54, 1.807) is 12.5 Å². The first-order valence-corrected chi connectivity index (χ1v) is 7.83. The zero-order valence-corrected chi connectivity index (χ0v) is 12.5. The minimum Gasteiger partial charge on any atom is -0.467 e. The number of rotatable bonds is 5. The predicted molar refractivity (Wildman–Crippen MR) is 77.8 cm³/mol. The lowest BCUT2D eigenvalue weighted by molar-refractivity contribution is 0.0657. The molecule has 1 amide bonds. The molecule has 5 heteroatoms. The largest absolute Gasteiger partial charge is 0.467 e. The SMILES string of the molecule is CCc1ncc(C(=O)N(C2CC2)C(C)c2ccco2)s1. The predicted octanol–water partition coefficient (Wildman–Crippen LogP) is 3.66. The number of nitrogens with zero attached hydrogens (tertiary/aromatic N) is 2. The van der Waals surface area contributed by atoms with E-state index in [0.29, 0.717) is 6.04 Å². The molecule has 0 aliphatic heterocycles. The van der Waals surface area contributed by atoms with Crippen LogP contribution in [0.3, 0.4) is 0 Å². The fourth-order valence-electron chi connectivity index (χ4n) is 2.38. The summed E-state index contributed by atoms with van der Waals surface area (Å²) in [5, 5.41) is 1.01. The number of aryl methyl sites for hydroxylation is 1. The fraction of sp³-hybridized carbons (Fsp3) is 0.467. The van der Waals surface area contributed by atoms with Crippen LogP contribution in [0.4, 0.5) is 0 Å². The monoisotopic (exact) mass is 290 g/mol. The van der Waals surface area contributed by atoms with Gasteiger partial charge in [0.1, 0.15) is 10.6 Å². The number of carbonyl (C=O) groups excluding carboxylic acids is 1. The van der Waals surface area contributed by atoms with Gasteiger partial charge in [-0.05, 0) is 38.3 Å². The molecule has 2 aromatic heterocycles. The lowest BCUT2D eigenvalue weighted by atomic mass is 10.2. The van der Waals surface area contributed by atoms with Crippen LogP contribution in [0.15, 0.2) is 29.0 Å². The number of hydrogen-bond acceptors (Lipinski definition) is 4. The van der Waals surface area contributed by atoms with Crippen LogP contribution < -0.4 is 0 Å². The molecule has 0 radical (unpaired) electrons. The maximum Gasteiger partial charge on any atom is 0.266 e. The average Bonchev–Trinajstić information content (AvgIpc) is 3.00. The van der Waals surface area contributed by atoms with Gasteiger partial charge in [-0.25, -0.2) is 4.98 Å². The molecule has 1 saturated carbocycles. The minimum absolute atomic E-state index is 0.0304. The van der Waals surface area contributed by atoms with E-state index in [2.05, 4.69) is 11.9 Å². The van der Waals surface area contributed by atoms with E-state index in [4.69, 9.17) is 4.42 Å². The fourth-order valence-corrected chi connectivity index (χ4v) is 3.18. The van der Waals surface area contributed by atoms with Crippen molar-refractivity contribution in [2.24, 2.45) is 0 Å². The van der Waals surface area contributed by atoms with Crippen molar-refractivity contribution >= 4 is 17.2 Å². The third kappa shape index (κ3) is 2.50. The molecule has 1 fully saturated rings. The lowest BCUT2D eigenvalue weighted by Gasteiger charge is -2.27. The van der Waals surface area contributed by atoms with Gasteiger partial charge in [0.2, 0.25) is 0 Å². The summed E-state index contributed by atoms with van der Waals surface area (Å²) in [7, 11) is 0. The number of aromatic nitrogens is 1. The highest BCUT2D eigenvalue weighted by molar-refractivity contribution is 7.13. The molecule has 1 aliphatic carbocycles. The molecule has 1 aliphatic rings. The van der Waals surface area contributed by atoms with E-state index < -0.39 is 0 Å². The van der Waals surface area contributed by atoms with Crippen LogP contribution in [0.5, 0.6) is 0 Å². The van der Waals surface area contributed by atoms with Gasteiger partial charge in [0.25, 0.3) is 5.91 Å². The third-order valence-electron chi connectivity index (χ3n) is 3.61. The van der Waals surface area contributed by atoms with Gasteiger partial charge in [0, 0.05) is 6.04 Å². The molecule has 0 bridgehead atoms. The maximum absolute atomic E-state index is 12.7. The van der Waals surface area contributed by atoms with Crippen LogP contribution in [-0.4, -0.2) is 21.8 Å². The molecule has 0 aromatic carbocycles. The zero-order valence-electron chi connectivity index (χ0n) is 11.7. The van der Waals surface area contributed by atoms with Crippen LogP contribution in [0.2, 0.25) is 0 Å². The molecular formula is C15H18N2O2S. The van der Waals surface area contributed by atoms with Crippen molar-refractivity contribution in [3.63, 3.8) is 0 Å². The Bertz CT molecular complexity index is 587. The van der Waals surface area contributed by atoms with Gasteiger partial charge in [-0.1, -0.05) is 6.92 Å². The highest BCUT2D eigenvalue weighted by Crippen LogP contribution is 2.36. The molecule has 20 heavy (non-hydrogen) atoms. The molecule has 2 aromatic rings. The molecule has 3 rings (SSSR count). The smallest absolute Gasteiger partial charge is 0.266 e. The Hall–Kier alpha value is -1.62. The molecule has 4 nitrogen and oxygen atoms in total. The summed E-state index contributed by atoms with van der Waals surface area (Å²) >= 11 is 1.50. The van der Waals surface area contributed by atoms with Crippen LogP contribution in [0.1, 0.15) is 53.2 Å². The second-order valence-electron chi connectivity index (χ2n) is 5.11. The minimum atomic E-state index is -0.0304. The van der Waals surface area contributed by atoms with E-state index >= 15 is 0 Å². The lowest BCUT2D eigenvalue weighted by Crippen LogP contribution is -2.35. The standard InChI is InChI=1S/C15H18N2O2S/c1-3-14-16-9-13(20-14)15(18)17(11-6-7-11)10(2)12-5-4-8-19-12/h4-5,8-11H,3,6-7H2,1-2H3. The van der Waals surface area contributed by atoms with Gasteiger partial charge < -0.3 is 9.32 Å². The van der Waals surface area contributed by atoms with Gasteiger partial charge in [0.05, 0.1) is 23.5 Å². The number of amides is 1. The number of carbonyl (C=O) groups is 1. The Balaban J connectivity index is 1.85. The number of hydrogen-bond donors (Lipinski definition) is 0. The maximum atomic E-state index is 12.7. The molecular weight excluding hydrogens is 272 g/mol. The quantitative estimate of drug-likeness (QED) is 0.844. The van der Waals surface area contributed by atoms with Crippen molar-refractivity contribution in [1.29, 1.82) is 0 Å². The van der Waals surface area contributed by atoms with Crippen molar-refractivity contribution in [3.05, 3.63) is 40.2 Å². The summed E-state index contributed by atoms with van der Waals surface area (Å²) in [6.45, 7) is 4.08. The normalized spacial score (nSPS) is 16.1. The highest BCUT2D eigenvalue weighted by atomic mass is 32.1. The Morgan fingerprint density at radius 1 is 1.60 bits per heavy atom. The van der Waals surface area contributed by atoms with Crippen molar-refractivity contribution in [2.45, 2.75) is 45.2 Å². The first kappa shape index (κ1) is 13.4. The highest BCUT2D eigenvalue weighted by Gasteiger charge is 2.38. The van der Waals surface area contributed by atoms with E-state index in [1.165, 1.54) is 11.3 Å². The van der Waals surface area contributed by atoms with Crippen LogP contribution >= 0.6 is 11.3 Å². The van der Waals surface area contributed by atoms with Crippen molar-refractivity contribution < 1.29 is 9.21 Å². The van der Waals surface area contributed by atoms with Crippen LogP contribution in [-0.2, 0) is 6.42 Å². The molecule has 0 spiro atoms. The average molecular weight is 290 g/mol. The number of thiazole rings is 1. The summed E-state index contributed by atoms with van der Waals surface area (Å²) < 4.78 is 5.46. The van der Waals surface area contributed by atoms with Gasteiger partial charge >= 0.3 is 0 Å². The van der Waals surface area contributed by atoms with Crippen molar-refractivity contribution in [2.75, 3.05) is 0 Å². The first-order chi connectivity index (χ1) is 9.70. The second kappa shape index (κ2) is 5.40. The zero-order chi connectivity index (χ0) is 14.1. The van der Waals surface area contributed by atoms with Crippen molar-refractivity contribution in [3.8, 4) is 0 Å². The summed E-state index contributed by atoms with van der Waals surface area (Å²) in [5.74, 6) is 0.916. The van der Waals surface area contributed by atoms with Gasteiger partial charge in [0.15, 0.2) is 0 Å². The topological polar surface area (TPSA) is 46.3 Å². The van der Waals surface area contributed by atoms with Gasteiger partial charge in [-0.15, -0.1) is 11.3 Å². The van der Waals surface area contributed by atoms with Crippen LogP contribution in [0, 0.1) is 0 Å². The van der Waals surface area contributed by atoms with E-state index in [1.807, 2.05) is 24.0 Å². The molecule has 2 heterocycles. The van der Waals surface area contributed by atoms with Crippen molar-refractivity contribution in [1.82, 2.24) is 9.88 Å². The summed E-state index contributed by atoms with van der Waals surface area (Å²) in [4.78, 5) is 19.7. The number of furan rings is 1. The summed E-state index contributed by atoms with van der Waals surface area (Å²) in [5.41, 5.74) is 0. The molecule has 1 atom stereocenters.